The lowest BCUT2D eigenvalue weighted by molar-refractivity contribution is 0.188. The topological polar surface area (TPSA) is 43.2 Å². The first-order valence-electron chi connectivity index (χ1n) is 5.99. The summed E-state index contributed by atoms with van der Waals surface area (Å²) in [5, 5.41) is 8.30. The predicted molar refractivity (Wildman–Crippen MR) is 61.0 cm³/mol. The van der Waals surface area contributed by atoms with Gasteiger partial charge in [-0.1, -0.05) is 5.21 Å². The van der Waals surface area contributed by atoms with Gasteiger partial charge in [-0.15, -0.1) is 5.10 Å². The van der Waals surface area contributed by atoms with Crippen LogP contribution in [0.2, 0.25) is 0 Å². The lowest BCUT2D eigenvalue weighted by Gasteiger charge is -2.11. The molecule has 5 nitrogen and oxygen atoms in total. The van der Waals surface area contributed by atoms with Crippen LogP contribution in [0.25, 0.3) is 0 Å². The predicted octanol–water partition coefficient (Wildman–Crippen LogP) is 0.910. The van der Waals surface area contributed by atoms with Crippen molar-refractivity contribution in [3.05, 3.63) is 11.9 Å². The van der Waals surface area contributed by atoms with Gasteiger partial charge in [-0.25, -0.2) is 0 Å². The molecule has 0 N–H and O–H groups in total. The molecule has 1 aliphatic rings. The summed E-state index contributed by atoms with van der Waals surface area (Å²) < 4.78 is 6.92. The third-order valence-corrected chi connectivity index (χ3v) is 2.91. The fraction of sp³-hybridized carbons (Fsp3) is 0.818. The maximum atomic E-state index is 5.01. The van der Waals surface area contributed by atoms with E-state index < -0.39 is 0 Å². The number of rotatable bonds is 6. The molecule has 0 aromatic carbocycles. The second kappa shape index (κ2) is 5.96. The van der Waals surface area contributed by atoms with Crippen molar-refractivity contribution in [1.82, 2.24) is 19.9 Å². The summed E-state index contributed by atoms with van der Waals surface area (Å²) in [6, 6.07) is 0. The number of hydrogen-bond donors (Lipinski definition) is 0. The second-order valence-corrected chi connectivity index (χ2v) is 4.30. The monoisotopic (exact) mass is 224 g/mol. The van der Waals surface area contributed by atoms with Crippen LogP contribution in [0.3, 0.4) is 0 Å². The van der Waals surface area contributed by atoms with Crippen molar-refractivity contribution in [2.75, 3.05) is 26.8 Å². The van der Waals surface area contributed by atoms with Crippen LogP contribution in [0.4, 0.5) is 0 Å². The number of nitrogens with zero attached hydrogens (tertiary/aromatic N) is 4. The minimum Gasteiger partial charge on any atom is -0.385 e. The van der Waals surface area contributed by atoms with Crippen molar-refractivity contribution in [2.45, 2.75) is 32.4 Å². The number of methoxy groups -OCH3 is 1. The molecular formula is C11H20N4O. The van der Waals surface area contributed by atoms with Gasteiger partial charge in [-0.05, 0) is 32.4 Å². The van der Waals surface area contributed by atoms with E-state index in [-0.39, 0.29) is 0 Å². The molecule has 5 heteroatoms. The Bertz CT molecular complexity index is 307. The Morgan fingerprint density at radius 1 is 1.38 bits per heavy atom. The Balaban J connectivity index is 1.77. The van der Waals surface area contributed by atoms with Gasteiger partial charge in [-0.3, -0.25) is 9.58 Å². The molecular weight excluding hydrogens is 204 g/mol. The summed E-state index contributed by atoms with van der Waals surface area (Å²) in [4.78, 5) is 2.43. The first-order chi connectivity index (χ1) is 7.88. The summed E-state index contributed by atoms with van der Waals surface area (Å²) in [5.74, 6) is 0. The van der Waals surface area contributed by atoms with Crippen molar-refractivity contribution in [2.24, 2.45) is 0 Å². The summed E-state index contributed by atoms with van der Waals surface area (Å²) in [6.07, 6.45) is 5.68. The molecule has 16 heavy (non-hydrogen) atoms. The average molecular weight is 224 g/mol. The van der Waals surface area contributed by atoms with Gasteiger partial charge in [0, 0.05) is 33.0 Å². The number of ether oxygens (including phenoxy) is 1. The van der Waals surface area contributed by atoms with Gasteiger partial charge in [0.2, 0.25) is 0 Å². The van der Waals surface area contributed by atoms with E-state index in [1.807, 2.05) is 10.9 Å². The van der Waals surface area contributed by atoms with Crippen molar-refractivity contribution in [1.29, 1.82) is 0 Å². The maximum absolute atomic E-state index is 5.01. The smallest absolute Gasteiger partial charge is 0.0967 e. The molecule has 0 spiro atoms. The van der Waals surface area contributed by atoms with Crippen molar-refractivity contribution >= 4 is 0 Å². The van der Waals surface area contributed by atoms with E-state index >= 15 is 0 Å². The van der Waals surface area contributed by atoms with E-state index in [1.54, 1.807) is 7.11 Å². The Morgan fingerprint density at radius 2 is 2.19 bits per heavy atom. The van der Waals surface area contributed by atoms with Crippen molar-refractivity contribution in [3.63, 3.8) is 0 Å². The molecule has 1 saturated heterocycles. The van der Waals surface area contributed by atoms with Crippen molar-refractivity contribution in [3.8, 4) is 0 Å². The second-order valence-electron chi connectivity index (χ2n) is 4.30. The summed E-state index contributed by atoms with van der Waals surface area (Å²) in [5.41, 5.74) is 1.08. The average Bonchev–Trinajstić information content (AvgIpc) is 2.91. The molecule has 0 amide bonds. The quantitative estimate of drug-likeness (QED) is 0.674. The van der Waals surface area contributed by atoms with E-state index in [1.165, 1.54) is 25.9 Å². The Kier molecular flexibility index (Phi) is 4.30. The van der Waals surface area contributed by atoms with Crippen molar-refractivity contribution < 1.29 is 4.74 Å². The van der Waals surface area contributed by atoms with Crippen LogP contribution in [0, 0.1) is 0 Å². The van der Waals surface area contributed by atoms with Gasteiger partial charge in [0.1, 0.15) is 0 Å². The molecule has 2 heterocycles. The highest BCUT2D eigenvalue weighted by Crippen LogP contribution is 2.10. The molecule has 1 fully saturated rings. The molecule has 1 aromatic rings. The Labute approximate surface area is 96.4 Å². The van der Waals surface area contributed by atoms with Gasteiger partial charge >= 0.3 is 0 Å². The highest BCUT2D eigenvalue weighted by atomic mass is 16.5. The number of hydrogen-bond acceptors (Lipinski definition) is 4. The van der Waals surface area contributed by atoms with E-state index in [0.29, 0.717) is 0 Å². The maximum Gasteiger partial charge on any atom is 0.0967 e. The standard InChI is InChI=1S/C11H20N4O/c1-16-8-4-7-15-10-11(12-13-15)9-14-5-2-3-6-14/h10H,2-9H2,1H3. The molecule has 1 aliphatic heterocycles. The number of aryl methyl sites for hydroxylation is 1. The summed E-state index contributed by atoms with van der Waals surface area (Å²) in [6.45, 7) is 5.03. The Morgan fingerprint density at radius 3 is 2.94 bits per heavy atom. The van der Waals surface area contributed by atoms with Crippen LogP contribution in [-0.4, -0.2) is 46.7 Å². The molecule has 2 rings (SSSR count). The molecule has 0 aliphatic carbocycles. The van der Waals surface area contributed by atoms with Gasteiger partial charge in [-0.2, -0.15) is 0 Å². The first kappa shape index (κ1) is 11.5. The molecule has 0 bridgehead atoms. The molecule has 0 atom stereocenters. The SMILES string of the molecule is COCCCn1cc(CN2CCCC2)nn1. The van der Waals surface area contributed by atoms with E-state index in [0.717, 1.165) is 31.8 Å². The van der Waals surface area contributed by atoms with E-state index in [9.17, 15) is 0 Å². The highest BCUT2D eigenvalue weighted by Gasteiger charge is 2.13. The van der Waals surface area contributed by atoms with Gasteiger partial charge in [0.25, 0.3) is 0 Å². The number of aromatic nitrogens is 3. The van der Waals surface area contributed by atoms with Crippen LogP contribution < -0.4 is 0 Å². The van der Waals surface area contributed by atoms with E-state index in [2.05, 4.69) is 15.2 Å². The van der Waals surface area contributed by atoms with E-state index in [4.69, 9.17) is 4.74 Å². The van der Waals surface area contributed by atoms with Gasteiger partial charge in [0.15, 0.2) is 0 Å². The van der Waals surface area contributed by atoms with Gasteiger partial charge < -0.3 is 4.74 Å². The highest BCUT2D eigenvalue weighted by molar-refractivity contribution is 4.92. The molecule has 90 valence electrons. The van der Waals surface area contributed by atoms with Crippen LogP contribution in [-0.2, 0) is 17.8 Å². The summed E-state index contributed by atoms with van der Waals surface area (Å²) in [7, 11) is 1.72. The summed E-state index contributed by atoms with van der Waals surface area (Å²) >= 11 is 0. The largest absolute Gasteiger partial charge is 0.385 e. The fourth-order valence-corrected chi connectivity index (χ4v) is 2.06. The lowest BCUT2D eigenvalue weighted by atomic mass is 10.4. The third kappa shape index (κ3) is 3.28. The van der Waals surface area contributed by atoms with Crippen LogP contribution in [0.15, 0.2) is 6.20 Å². The minimum atomic E-state index is 0.779. The third-order valence-electron chi connectivity index (χ3n) is 2.91. The first-order valence-corrected chi connectivity index (χ1v) is 5.99. The van der Waals surface area contributed by atoms with Crippen LogP contribution in [0.1, 0.15) is 25.0 Å². The lowest BCUT2D eigenvalue weighted by Crippen LogP contribution is -2.18. The molecule has 0 unspecified atom stereocenters. The molecule has 1 aromatic heterocycles. The van der Waals surface area contributed by atoms with Crippen LogP contribution in [0.5, 0.6) is 0 Å². The van der Waals surface area contributed by atoms with Crippen LogP contribution >= 0.6 is 0 Å². The molecule has 0 radical (unpaired) electrons. The number of likely N-dealkylation sites (tertiary alicyclic amines) is 1. The minimum absolute atomic E-state index is 0.779. The Hall–Kier alpha value is -0.940. The zero-order valence-corrected chi connectivity index (χ0v) is 9.93. The van der Waals surface area contributed by atoms with Gasteiger partial charge in [0.05, 0.1) is 5.69 Å². The zero-order chi connectivity index (χ0) is 11.2. The fourth-order valence-electron chi connectivity index (χ4n) is 2.06. The normalized spacial score (nSPS) is 17.1. The zero-order valence-electron chi connectivity index (χ0n) is 9.93. The molecule has 0 saturated carbocycles.